The van der Waals surface area contributed by atoms with E-state index in [1.807, 2.05) is 27.7 Å². The zero-order chi connectivity index (χ0) is 9.98. The maximum Gasteiger partial charge on any atom is 0.00399 e. The highest BCUT2D eigenvalue weighted by molar-refractivity contribution is 4.75. The fraction of sp³-hybridized carbons (Fsp3) is 1.00. The van der Waals surface area contributed by atoms with Gasteiger partial charge in [-0.2, -0.15) is 0 Å². The average Bonchev–Trinajstić information content (AvgIpc) is 2.17. The van der Waals surface area contributed by atoms with Crippen LogP contribution in [0.2, 0.25) is 0 Å². The molecule has 0 spiro atoms. The molecule has 2 nitrogen and oxygen atoms in total. The van der Waals surface area contributed by atoms with E-state index in [0.717, 1.165) is 25.7 Å². The van der Waals surface area contributed by atoms with Crippen molar-refractivity contribution < 1.29 is 2.85 Å². The maximum atomic E-state index is 5.64. The molecule has 0 atom stereocenters. The Kier molecular flexibility index (Phi) is 13.1. The second kappa shape index (κ2) is 10.9. The first-order valence-corrected chi connectivity index (χ1v) is 5.30. The van der Waals surface area contributed by atoms with E-state index in [1.165, 1.54) is 0 Å². The van der Waals surface area contributed by atoms with Gasteiger partial charge >= 0.3 is 0 Å². The second-order valence-electron chi connectivity index (χ2n) is 2.67. The van der Waals surface area contributed by atoms with Crippen LogP contribution in [0, 0.1) is 0 Å². The number of hydrogen-bond donors (Lipinski definition) is 2. The van der Waals surface area contributed by atoms with Crippen molar-refractivity contribution >= 4 is 0 Å². The third-order valence-corrected chi connectivity index (χ3v) is 1.82. The van der Waals surface area contributed by atoms with Gasteiger partial charge < -0.3 is 11.5 Å². The molecule has 2 heteroatoms. The molecule has 80 valence electrons. The Morgan fingerprint density at radius 2 is 0.917 bits per heavy atom. The van der Waals surface area contributed by atoms with Crippen molar-refractivity contribution in [3.63, 3.8) is 0 Å². The van der Waals surface area contributed by atoms with Crippen LogP contribution in [0.15, 0.2) is 0 Å². The lowest BCUT2D eigenvalue weighted by molar-refractivity contribution is 0.395. The van der Waals surface area contributed by atoms with E-state index in [4.69, 9.17) is 11.5 Å². The van der Waals surface area contributed by atoms with Gasteiger partial charge in [-0.25, -0.2) is 0 Å². The van der Waals surface area contributed by atoms with Crippen LogP contribution in [0.25, 0.3) is 0 Å². The SMILES string of the molecule is CC.CC.NC1CCC(N)CC1.[HH].[HH]. The molecule has 1 saturated carbocycles. The number of nitrogens with two attached hydrogens (primary N) is 2. The minimum atomic E-state index is 0. The summed E-state index contributed by atoms with van der Waals surface area (Å²) in [4.78, 5) is 0. The largest absolute Gasteiger partial charge is 0.328 e. The van der Waals surface area contributed by atoms with Crippen molar-refractivity contribution in [1.82, 2.24) is 0 Å². The fourth-order valence-electron chi connectivity index (χ4n) is 1.14. The minimum Gasteiger partial charge on any atom is -0.328 e. The summed E-state index contributed by atoms with van der Waals surface area (Å²) in [6.45, 7) is 8.00. The average molecular weight is 178 g/mol. The van der Waals surface area contributed by atoms with Crippen molar-refractivity contribution in [2.75, 3.05) is 0 Å². The van der Waals surface area contributed by atoms with Crippen LogP contribution in [0.1, 0.15) is 56.2 Å². The van der Waals surface area contributed by atoms with Crippen LogP contribution >= 0.6 is 0 Å². The normalized spacial score (nSPS) is 27.5. The second-order valence-corrected chi connectivity index (χ2v) is 2.67. The van der Waals surface area contributed by atoms with Gasteiger partial charge in [-0.3, -0.25) is 0 Å². The van der Waals surface area contributed by atoms with Crippen LogP contribution < -0.4 is 11.5 Å². The summed E-state index contributed by atoms with van der Waals surface area (Å²) >= 11 is 0. The molecule has 4 N–H and O–H groups in total. The summed E-state index contributed by atoms with van der Waals surface area (Å²) in [7, 11) is 0. The standard InChI is InChI=1S/C6H14N2.2C2H6.2H2/c7-5-1-2-6(8)4-3-5;2*1-2;;/h5-6H,1-4,7-8H2;2*1-2H3;2*1H. The summed E-state index contributed by atoms with van der Waals surface area (Å²) < 4.78 is 0. The molecule has 0 aliphatic heterocycles. The van der Waals surface area contributed by atoms with Gasteiger partial charge in [0.1, 0.15) is 0 Å². The molecule has 0 heterocycles. The summed E-state index contributed by atoms with van der Waals surface area (Å²) in [6.07, 6.45) is 4.50. The topological polar surface area (TPSA) is 52.0 Å². The molecule has 1 rings (SSSR count). The van der Waals surface area contributed by atoms with E-state index in [1.54, 1.807) is 0 Å². The highest BCUT2D eigenvalue weighted by Gasteiger charge is 2.13. The molecule has 0 amide bonds. The van der Waals surface area contributed by atoms with Crippen molar-refractivity contribution in [3.8, 4) is 0 Å². The van der Waals surface area contributed by atoms with Gasteiger partial charge in [-0.15, -0.1) is 0 Å². The lowest BCUT2D eigenvalue weighted by atomic mass is 9.93. The molecule has 0 unspecified atom stereocenters. The predicted octanol–water partition coefficient (Wildman–Crippen LogP) is 2.76. The first-order chi connectivity index (χ1) is 5.79. The van der Waals surface area contributed by atoms with Crippen molar-refractivity contribution in [2.24, 2.45) is 11.5 Å². The molecule has 12 heavy (non-hydrogen) atoms. The van der Waals surface area contributed by atoms with E-state index >= 15 is 0 Å². The van der Waals surface area contributed by atoms with Gasteiger partial charge in [0, 0.05) is 14.9 Å². The monoisotopic (exact) mass is 178 g/mol. The molecular weight excluding hydrogens is 148 g/mol. The summed E-state index contributed by atoms with van der Waals surface area (Å²) in [5, 5.41) is 0. The smallest absolute Gasteiger partial charge is 0.00399 e. The Labute approximate surface area is 80.7 Å². The molecule has 1 aliphatic carbocycles. The molecule has 1 aliphatic rings. The van der Waals surface area contributed by atoms with Crippen molar-refractivity contribution in [3.05, 3.63) is 0 Å². The van der Waals surface area contributed by atoms with Gasteiger partial charge in [0.2, 0.25) is 0 Å². The minimum absolute atomic E-state index is 0. The van der Waals surface area contributed by atoms with Gasteiger partial charge in [-0.1, -0.05) is 27.7 Å². The van der Waals surface area contributed by atoms with Gasteiger partial charge in [0.05, 0.1) is 0 Å². The third kappa shape index (κ3) is 8.02. The highest BCUT2D eigenvalue weighted by atomic mass is 14.7. The summed E-state index contributed by atoms with van der Waals surface area (Å²) in [6, 6.07) is 0.879. The number of rotatable bonds is 0. The quantitative estimate of drug-likeness (QED) is 0.599. The van der Waals surface area contributed by atoms with Gasteiger partial charge in [0.15, 0.2) is 0 Å². The fourth-order valence-corrected chi connectivity index (χ4v) is 1.14. The van der Waals surface area contributed by atoms with Crippen LogP contribution in [0.5, 0.6) is 0 Å². The van der Waals surface area contributed by atoms with E-state index in [0.29, 0.717) is 12.1 Å². The Hall–Kier alpha value is -0.0800. The number of hydrogen-bond acceptors (Lipinski definition) is 2. The van der Waals surface area contributed by atoms with Crippen LogP contribution in [0.4, 0.5) is 0 Å². The Balaban J connectivity index is -0.0000000750. The zero-order valence-electron chi connectivity index (χ0n) is 9.14. The van der Waals surface area contributed by atoms with Crippen LogP contribution in [0.3, 0.4) is 0 Å². The predicted molar refractivity (Wildman–Crippen MR) is 61.3 cm³/mol. The van der Waals surface area contributed by atoms with Crippen LogP contribution in [-0.4, -0.2) is 12.1 Å². The molecule has 0 bridgehead atoms. The molecule has 0 radical (unpaired) electrons. The molecular formula is C10H30N2. The van der Waals surface area contributed by atoms with E-state index in [2.05, 4.69) is 0 Å². The highest BCUT2D eigenvalue weighted by Crippen LogP contribution is 2.14. The molecule has 0 aromatic carbocycles. The maximum absolute atomic E-state index is 5.64. The molecule has 0 saturated heterocycles. The lowest BCUT2D eigenvalue weighted by Gasteiger charge is -2.22. The Bertz CT molecular complexity index is 64.5. The zero-order valence-corrected chi connectivity index (χ0v) is 9.14. The van der Waals surface area contributed by atoms with Crippen LogP contribution in [-0.2, 0) is 0 Å². The van der Waals surface area contributed by atoms with Crippen molar-refractivity contribution in [2.45, 2.75) is 65.5 Å². The first-order valence-electron chi connectivity index (χ1n) is 5.30. The van der Waals surface area contributed by atoms with Gasteiger partial charge in [-0.05, 0) is 25.7 Å². The summed E-state index contributed by atoms with van der Waals surface area (Å²) in [5.41, 5.74) is 11.3. The van der Waals surface area contributed by atoms with E-state index < -0.39 is 0 Å². The first kappa shape index (κ1) is 14.4. The van der Waals surface area contributed by atoms with Crippen molar-refractivity contribution in [1.29, 1.82) is 0 Å². The van der Waals surface area contributed by atoms with E-state index in [9.17, 15) is 0 Å². The third-order valence-electron chi connectivity index (χ3n) is 1.82. The molecule has 1 fully saturated rings. The Morgan fingerprint density at radius 3 is 1.08 bits per heavy atom. The molecule has 0 aromatic heterocycles. The summed E-state index contributed by atoms with van der Waals surface area (Å²) in [5.74, 6) is 0. The Morgan fingerprint density at radius 1 is 0.750 bits per heavy atom. The van der Waals surface area contributed by atoms with E-state index in [-0.39, 0.29) is 2.85 Å². The van der Waals surface area contributed by atoms with Gasteiger partial charge in [0.25, 0.3) is 0 Å². The molecule has 0 aromatic rings. The lowest BCUT2D eigenvalue weighted by Crippen LogP contribution is -2.33.